The first kappa shape index (κ1) is 16.0. The standard InChI is InChI=1S/C19H26N2O2/c1-14-7-11-21(12-8-14)18(23)19(9-10-19)17(22)20-13-16-6-4-3-5-15(16)2/h3-6,14H,7-13H2,1-2H3,(H,20,22). The van der Waals surface area contributed by atoms with E-state index in [0.29, 0.717) is 25.3 Å². The van der Waals surface area contributed by atoms with Gasteiger partial charge in [0.1, 0.15) is 5.41 Å². The Hall–Kier alpha value is -1.84. The molecule has 1 heterocycles. The molecule has 1 N–H and O–H groups in total. The van der Waals surface area contributed by atoms with Crippen molar-refractivity contribution in [1.82, 2.24) is 10.2 Å². The average molecular weight is 314 g/mol. The minimum Gasteiger partial charge on any atom is -0.351 e. The zero-order chi connectivity index (χ0) is 16.4. The Balaban J connectivity index is 1.60. The van der Waals surface area contributed by atoms with Crippen LogP contribution in [-0.2, 0) is 16.1 Å². The normalized spacial score (nSPS) is 20.2. The fourth-order valence-corrected chi connectivity index (χ4v) is 3.33. The molecular weight excluding hydrogens is 288 g/mol. The summed E-state index contributed by atoms with van der Waals surface area (Å²) >= 11 is 0. The summed E-state index contributed by atoms with van der Waals surface area (Å²) in [4.78, 5) is 27.3. The Bertz CT molecular complexity index is 599. The van der Waals surface area contributed by atoms with E-state index in [9.17, 15) is 9.59 Å². The van der Waals surface area contributed by atoms with Gasteiger partial charge < -0.3 is 10.2 Å². The molecule has 1 aromatic carbocycles. The van der Waals surface area contributed by atoms with Gasteiger partial charge in [-0.3, -0.25) is 9.59 Å². The zero-order valence-corrected chi connectivity index (χ0v) is 14.1. The lowest BCUT2D eigenvalue weighted by Crippen LogP contribution is -2.47. The van der Waals surface area contributed by atoms with Gasteiger partial charge in [0, 0.05) is 19.6 Å². The highest BCUT2D eigenvalue weighted by molar-refractivity contribution is 6.07. The lowest BCUT2D eigenvalue weighted by molar-refractivity contribution is -0.145. The van der Waals surface area contributed by atoms with Gasteiger partial charge in [-0.2, -0.15) is 0 Å². The minimum absolute atomic E-state index is 0.0479. The fourth-order valence-electron chi connectivity index (χ4n) is 3.33. The molecule has 0 aromatic heterocycles. The van der Waals surface area contributed by atoms with Crippen molar-refractivity contribution >= 4 is 11.8 Å². The van der Waals surface area contributed by atoms with Gasteiger partial charge in [0.25, 0.3) is 0 Å². The summed E-state index contributed by atoms with van der Waals surface area (Å²) in [5.41, 5.74) is 1.49. The molecule has 0 spiro atoms. The maximum absolute atomic E-state index is 12.8. The number of aryl methyl sites for hydroxylation is 1. The average Bonchev–Trinajstić information content (AvgIpc) is 3.36. The van der Waals surface area contributed by atoms with Crippen molar-refractivity contribution in [3.05, 3.63) is 35.4 Å². The van der Waals surface area contributed by atoms with E-state index in [1.54, 1.807) is 0 Å². The van der Waals surface area contributed by atoms with Crippen LogP contribution in [0.25, 0.3) is 0 Å². The van der Waals surface area contributed by atoms with E-state index in [1.807, 2.05) is 36.1 Å². The Morgan fingerprint density at radius 2 is 1.87 bits per heavy atom. The van der Waals surface area contributed by atoms with Crippen LogP contribution in [0.5, 0.6) is 0 Å². The molecule has 2 fully saturated rings. The van der Waals surface area contributed by atoms with Crippen LogP contribution in [-0.4, -0.2) is 29.8 Å². The van der Waals surface area contributed by atoms with Crippen molar-refractivity contribution < 1.29 is 9.59 Å². The smallest absolute Gasteiger partial charge is 0.238 e. The first-order valence-electron chi connectivity index (χ1n) is 8.65. The first-order valence-corrected chi connectivity index (χ1v) is 8.65. The third kappa shape index (κ3) is 3.26. The van der Waals surface area contributed by atoms with Gasteiger partial charge in [-0.15, -0.1) is 0 Å². The van der Waals surface area contributed by atoms with Crippen LogP contribution in [0, 0.1) is 18.3 Å². The summed E-state index contributed by atoms with van der Waals surface area (Å²) in [6.45, 7) is 6.36. The highest BCUT2D eigenvalue weighted by atomic mass is 16.2. The summed E-state index contributed by atoms with van der Waals surface area (Å²) in [6, 6.07) is 8.02. The van der Waals surface area contributed by atoms with Crippen molar-refractivity contribution in [3.63, 3.8) is 0 Å². The van der Waals surface area contributed by atoms with Crippen LogP contribution >= 0.6 is 0 Å². The molecule has 0 atom stereocenters. The van der Waals surface area contributed by atoms with E-state index in [2.05, 4.69) is 12.2 Å². The molecule has 1 aliphatic heterocycles. The van der Waals surface area contributed by atoms with Crippen LogP contribution in [0.4, 0.5) is 0 Å². The molecule has 0 radical (unpaired) electrons. The predicted octanol–water partition coefficient (Wildman–Crippen LogP) is 2.65. The first-order chi connectivity index (χ1) is 11.0. The number of hydrogen-bond donors (Lipinski definition) is 1. The molecule has 1 saturated heterocycles. The highest BCUT2D eigenvalue weighted by Crippen LogP contribution is 2.48. The minimum atomic E-state index is -0.775. The van der Waals surface area contributed by atoms with E-state index in [1.165, 1.54) is 0 Å². The molecule has 0 unspecified atom stereocenters. The van der Waals surface area contributed by atoms with E-state index in [-0.39, 0.29) is 11.8 Å². The SMILES string of the molecule is Cc1ccccc1CNC(=O)C1(C(=O)N2CCC(C)CC2)CC1. The molecule has 0 bridgehead atoms. The van der Waals surface area contributed by atoms with Crippen LogP contribution in [0.2, 0.25) is 0 Å². The van der Waals surface area contributed by atoms with Gasteiger partial charge in [-0.25, -0.2) is 0 Å². The van der Waals surface area contributed by atoms with E-state index in [4.69, 9.17) is 0 Å². The molecule has 3 rings (SSSR count). The monoisotopic (exact) mass is 314 g/mol. The van der Waals surface area contributed by atoms with Crippen molar-refractivity contribution in [2.45, 2.75) is 46.1 Å². The number of likely N-dealkylation sites (tertiary alicyclic amines) is 1. The zero-order valence-electron chi connectivity index (χ0n) is 14.1. The number of nitrogens with zero attached hydrogens (tertiary/aromatic N) is 1. The summed E-state index contributed by atoms with van der Waals surface area (Å²) in [5, 5.41) is 2.98. The van der Waals surface area contributed by atoms with Crippen LogP contribution in [0.3, 0.4) is 0 Å². The number of carbonyl (C=O) groups excluding carboxylic acids is 2. The second kappa shape index (κ2) is 6.34. The number of piperidine rings is 1. The van der Waals surface area contributed by atoms with Gasteiger partial charge in [0.15, 0.2) is 0 Å². The van der Waals surface area contributed by atoms with Crippen molar-refractivity contribution in [2.24, 2.45) is 11.3 Å². The van der Waals surface area contributed by atoms with E-state index >= 15 is 0 Å². The largest absolute Gasteiger partial charge is 0.351 e. The number of carbonyl (C=O) groups is 2. The lowest BCUT2D eigenvalue weighted by Gasteiger charge is -2.32. The topological polar surface area (TPSA) is 49.4 Å². The molecule has 1 aromatic rings. The molecule has 23 heavy (non-hydrogen) atoms. The highest BCUT2D eigenvalue weighted by Gasteiger charge is 2.57. The van der Waals surface area contributed by atoms with Gasteiger partial charge in [0.2, 0.25) is 11.8 Å². The molecule has 4 nitrogen and oxygen atoms in total. The van der Waals surface area contributed by atoms with E-state index in [0.717, 1.165) is 37.1 Å². The number of hydrogen-bond acceptors (Lipinski definition) is 2. The van der Waals surface area contributed by atoms with Gasteiger partial charge in [-0.1, -0.05) is 31.2 Å². The number of benzene rings is 1. The number of rotatable bonds is 4. The quantitative estimate of drug-likeness (QED) is 0.869. The summed E-state index contributed by atoms with van der Waals surface area (Å²) in [5.74, 6) is 0.639. The maximum Gasteiger partial charge on any atom is 0.238 e. The molecule has 1 aliphatic carbocycles. The van der Waals surface area contributed by atoms with Crippen molar-refractivity contribution in [2.75, 3.05) is 13.1 Å². The molecule has 1 saturated carbocycles. The molecule has 2 aliphatic rings. The van der Waals surface area contributed by atoms with Crippen LogP contribution < -0.4 is 5.32 Å². The lowest BCUT2D eigenvalue weighted by atomic mass is 9.96. The third-order valence-electron chi connectivity index (χ3n) is 5.37. The van der Waals surface area contributed by atoms with Gasteiger partial charge >= 0.3 is 0 Å². The van der Waals surface area contributed by atoms with Crippen LogP contribution in [0.15, 0.2) is 24.3 Å². The van der Waals surface area contributed by atoms with Gasteiger partial charge in [0.05, 0.1) is 0 Å². The molecule has 4 heteroatoms. The van der Waals surface area contributed by atoms with Crippen molar-refractivity contribution in [3.8, 4) is 0 Å². The van der Waals surface area contributed by atoms with Crippen LogP contribution in [0.1, 0.15) is 43.7 Å². The maximum atomic E-state index is 12.8. The summed E-state index contributed by atoms with van der Waals surface area (Å²) in [6.07, 6.45) is 3.48. The van der Waals surface area contributed by atoms with Crippen molar-refractivity contribution in [1.29, 1.82) is 0 Å². The fraction of sp³-hybridized carbons (Fsp3) is 0.579. The Kier molecular flexibility index (Phi) is 4.42. The summed E-state index contributed by atoms with van der Waals surface area (Å²) in [7, 11) is 0. The summed E-state index contributed by atoms with van der Waals surface area (Å²) < 4.78 is 0. The molecular formula is C19H26N2O2. The Morgan fingerprint density at radius 3 is 2.48 bits per heavy atom. The second-order valence-corrected chi connectivity index (χ2v) is 7.17. The predicted molar refractivity (Wildman–Crippen MR) is 89.7 cm³/mol. The molecule has 124 valence electrons. The Labute approximate surface area is 138 Å². The second-order valence-electron chi connectivity index (χ2n) is 7.17. The van der Waals surface area contributed by atoms with Gasteiger partial charge in [-0.05, 0) is 49.7 Å². The molecule has 2 amide bonds. The van der Waals surface area contributed by atoms with E-state index < -0.39 is 5.41 Å². The number of nitrogens with one attached hydrogen (secondary N) is 1. The number of amides is 2. The third-order valence-corrected chi connectivity index (χ3v) is 5.37. The Morgan fingerprint density at radius 1 is 1.22 bits per heavy atom.